The van der Waals surface area contributed by atoms with Crippen molar-refractivity contribution in [3.05, 3.63) is 11.6 Å². The second kappa shape index (κ2) is 6.81. The molecule has 12 atom stereocenters. The van der Waals surface area contributed by atoms with Crippen molar-refractivity contribution in [3.8, 4) is 0 Å². The number of ether oxygens (including phenoxy) is 2. The van der Waals surface area contributed by atoms with E-state index in [9.17, 15) is 15.3 Å². The highest BCUT2D eigenvalue weighted by Gasteiger charge is 2.69. The summed E-state index contributed by atoms with van der Waals surface area (Å²) in [6.45, 7) is 9.34. The molecule has 6 aliphatic rings. The maximum atomic E-state index is 11.1. The lowest BCUT2D eigenvalue weighted by atomic mass is 9.46. The van der Waals surface area contributed by atoms with Gasteiger partial charge in [0.05, 0.1) is 30.5 Å². The molecule has 4 aliphatic carbocycles. The Morgan fingerprint density at radius 3 is 2.53 bits per heavy atom. The van der Waals surface area contributed by atoms with Crippen molar-refractivity contribution in [1.82, 2.24) is 0 Å². The Morgan fingerprint density at radius 2 is 1.81 bits per heavy atom. The third-order valence-corrected chi connectivity index (χ3v) is 11.5. The summed E-state index contributed by atoms with van der Waals surface area (Å²) in [5.41, 5.74) is 0.608. The summed E-state index contributed by atoms with van der Waals surface area (Å²) in [5, 5.41) is 31.8. The summed E-state index contributed by atoms with van der Waals surface area (Å²) in [6, 6.07) is 0. The Balaban J connectivity index is 1.28. The van der Waals surface area contributed by atoms with E-state index < -0.39 is 23.6 Å². The fourth-order valence-electron chi connectivity index (χ4n) is 9.70. The molecule has 0 aromatic carbocycles. The zero-order chi connectivity index (χ0) is 22.7. The average Bonchev–Trinajstić information content (AvgIpc) is 3.17. The van der Waals surface area contributed by atoms with Crippen LogP contribution in [0.25, 0.3) is 0 Å². The normalized spacial score (nSPS) is 61.5. The lowest BCUT2D eigenvalue weighted by Crippen LogP contribution is -2.56. The summed E-state index contributed by atoms with van der Waals surface area (Å²) in [4.78, 5) is 0. The number of rotatable bonds is 0. The Labute approximate surface area is 192 Å². The van der Waals surface area contributed by atoms with Crippen LogP contribution in [0.4, 0.5) is 0 Å². The van der Waals surface area contributed by atoms with Gasteiger partial charge in [-0.05, 0) is 74.5 Å². The van der Waals surface area contributed by atoms with E-state index in [1.54, 1.807) is 0 Å². The second-order valence-electron chi connectivity index (χ2n) is 13.1. The smallest absolute Gasteiger partial charge is 0.171 e. The van der Waals surface area contributed by atoms with E-state index in [1.165, 1.54) is 12.0 Å². The van der Waals surface area contributed by atoms with Crippen molar-refractivity contribution in [3.63, 3.8) is 0 Å². The molecule has 5 fully saturated rings. The molecule has 5 nitrogen and oxygen atoms in total. The molecule has 0 aromatic heterocycles. The third kappa shape index (κ3) is 2.75. The van der Waals surface area contributed by atoms with Crippen LogP contribution in [0.15, 0.2) is 11.6 Å². The monoisotopic (exact) mass is 446 g/mol. The van der Waals surface area contributed by atoms with Crippen LogP contribution >= 0.6 is 0 Å². The van der Waals surface area contributed by atoms with E-state index in [0.29, 0.717) is 42.6 Å². The summed E-state index contributed by atoms with van der Waals surface area (Å²) in [5.74, 6) is 1.98. The number of fused-ring (bicyclic) bond motifs is 7. The van der Waals surface area contributed by atoms with Crippen LogP contribution in [0.1, 0.15) is 79.1 Å². The molecule has 32 heavy (non-hydrogen) atoms. The van der Waals surface area contributed by atoms with Gasteiger partial charge >= 0.3 is 0 Å². The molecular weight excluding hydrogens is 404 g/mol. The SMILES string of the molecule is C[C@H]1[C@H]2[C@H](C[C@H]3[C@@H]4CC=C5CC(O)CC(O)[C@]5(C)[C@H]4CC[C@]23C)O[C@]12CCC(C)(O)CO2. The van der Waals surface area contributed by atoms with Gasteiger partial charge in [0.15, 0.2) is 5.79 Å². The van der Waals surface area contributed by atoms with Crippen LogP contribution in [0, 0.1) is 40.4 Å². The highest BCUT2D eigenvalue weighted by molar-refractivity contribution is 5.28. The number of allylic oxidation sites excluding steroid dienone is 1. The Kier molecular flexibility index (Phi) is 4.69. The fourth-order valence-corrected chi connectivity index (χ4v) is 9.70. The van der Waals surface area contributed by atoms with Crippen molar-refractivity contribution < 1.29 is 24.8 Å². The molecule has 0 radical (unpaired) electrons. The number of aliphatic hydroxyl groups excluding tert-OH is 2. The van der Waals surface area contributed by atoms with Crippen LogP contribution in [-0.2, 0) is 9.47 Å². The van der Waals surface area contributed by atoms with Crippen LogP contribution in [0.5, 0.6) is 0 Å². The molecule has 1 spiro atoms. The first-order valence-electron chi connectivity index (χ1n) is 13.1. The van der Waals surface area contributed by atoms with Gasteiger partial charge in [0, 0.05) is 24.2 Å². The molecule has 2 saturated heterocycles. The van der Waals surface area contributed by atoms with Gasteiger partial charge in [0.1, 0.15) is 0 Å². The quantitative estimate of drug-likeness (QED) is 0.493. The summed E-state index contributed by atoms with van der Waals surface area (Å²) in [6.07, 6.45) is 9.01. The van der Waals surface area contributed by atoms with Crippen molar-refractivity contribution in [2.75, 3.05) is 6.61 Å². The van der Waals surface area contributed by atoms with Gasteiger partial charge < -0.3 is 24.8 Å². The zero-order valence-corrected chi connectivity index (χ0v) is 20.2. The summed E-state index contributed by atoms with van der Waals surface area (Å²) >= 11 is 0. The Hall–Kier alpha value is -0.460. The third-order valence-electron chi connectivity index (χ3n) is 11.5. The maximum Gasteiger partial charge on any atom is 0.171 e. The van der Waals surface area contributed by atoms with Gasteiger partial charge in [-0.3, -0.25) is 0 Å². The number of aliphatic hydroxyl groups is 3. The lowest BCUT2D eigenvalue weighted by Gasteiger charge is -2.59. The Bertz CT molecular complexity index is 811. The molecule has 180 valence electrons. The first kappa shape index (κ1) is 22.0. The van der Waals surface area contributed by atoms with Gasteiger partial charge in [0.25, 0.3) is 0 Å². The predicted molar refractivity (Wildman–Crippen MR) is 121 cm³/mol. The molecule has 6 rings (SSSR count). The molecule has 5 heteroatoms. The largest absolute Gasteiger partial charge is 0.393 e. The van der Waals surface area contributed by atoms with E-state index in [4.69, 9.17) is 9.47 Å². The predicted octanol–water partition coefficient (Wildman–Crippen LogP) is 3.80. The minimum Gasteiger partial charge on any atom is -0.393 e. The van der Waals surface area contributed by atoms with E-state index in [-0.39, 0.29) is 16.9 Å². The molecule has 2 aliphatic heterocycles. The molecule has 0 bridgehead atoms. The molecular formula is C27H42O5. The van der Waals surface area contributed by atoms with E-state index in [2.05, 4.69) is 26.8 Å². The molecule has 0 amide bonds. The van der Waals surface area contributed by atoms with Crippen molar-refractivity contribution in [2.45, 2.75) is 109 Å². The van der Waals surface area contributed by atoms with Crippen molar-refractivity contribution in [2.24, 2.45) is 40.4 Å². The topological polar surface area (TPSA) is 79.2 Å². The molecule has 2 heterocycles. The van der Waals surface area contributed by atoms with Crippen LogP contribution in [0.2, 0.25) is 0 Å². The zero-order valence-electron chi connectivity index (χ0n) is 20.2. The Morgan fingerprint density at radius 1 is 1.03 bits per heavy atom. The van der Waals surface area contributed by atoms with Gasteiger partial charge in [-0.1, -0.05) is 32.4 Å². The van der Waals surface area contributed by atoms with Crippen molar-refractivity contribution >= 4 is 0 Å². The summed E-state index contributed by atoms with van der Waals surface area (Å²) in [7, 11) is 0. The minimum absolute atomic E-state index is 0.188. The first-order valence-corrected chi connectivity index (χ1v) is 13.1. The van der Waals surface area contributed by atoms with E-state index >= 15 is 0 Å². The standard InChI is InChI=1S/C27H42O5/c1-15-23-21(32-27(15)10-9-24(2,30)14-31-27)13-20-18-6-5-16-11-17(28)12-22(29)26(16,4)19(18)7-8-25(20,23)3/h5,15,17-23,28-30H,6-14H2,1-4H3/t15-,17?,18+,19-,20-,21-,22?,23-,24?,25-,26-,27+/m0/s1. The molecule has 3 saturated carbocycles. The van der Waals surface area contributed by atoms with Gasteiger partial charge in [-0.2, -0.15) is 0 Å². The highest BCUT2D eigenvalue weighted by atomic mass is 16.7. The van der Waals surface area contributed by atoms with Crippen LogP contribution in [0.3, 0.4) is 0 Å². The minimum atomic E-state index is -0.744. The highest BCUT2D eigenvalue weighted by Crippen LogP contribution is 2.70. The van der Waals surface area contributed by atoms with Crippen molar-refractivity contribution in [1.29, 1.82) is 0 Å². The molecule has 3 N–H and O–H groups in total. The summed E-state index contributed by atoms with van der Waals surface area (Å²) < 4.78 is 13.1. The van der Waals surface area contributed by atoms with Gasteiger partial charge in [-0.25, -0.2) is 0 Å². The maximum absolute atomic E-state index is 11.1. The van der Waals surface area contributed by atoms with E-state index in [1.807, 2.05) is 6.92 Å². The first-order chi connectivity index (χ1) is 15.0. The van der Waals surface area contributed by atoms with Crippen LogP contribution < -0.4 is 0 Å². The van der Waals surface area contributed by atoms with Gasteiger partial charge in [0.2, 0.25) is 0 Å². The molecule has 0 aromatic rings. The van der Waals surface area contributed by atoms with Crippen LogP contribution in [-0.4, -0.2) is 51.6 Å². The number of hydrogen-bond donors (Lipinski definition) is 3. The average molecular weight is 447 g/mol. The fraction of sp³-hybridized carbons (Fsp3) is 0.926. The molecule has 3 unspecified atom stereocenters. The number of hydrogen-bond acceptors (Lipinski definition) is 5. The lowest BCUT2D eigenvalue weighted by molar-refractivity contribution is -0.293. The van der Waals surface area contributed by atoms with Gasteiger partial charge in [-0.15, -0.1) is 0 Å². The van der Waals surface area contributed by atoms with E-state index in [0.717, 1.165) is 38.5 Å². The second-order valence-corrected chi connectivity index (χ2v) is 13.1.